The standard InChI is InChI=1S/C13H16N2O4S/c1-2-12(6-7-14)15-20(18,19)9-10-4-3-5-11(8-10)13(16)17/h3-5,8,12,15H,2,6,9H2,1H3,(H,16,17). The molecule has 108 valence electrons. The molecule has 0 saturated carbocycles. The number of sulfonamides is 1. The monoisotopic (exact) mass is 296 g/mol. The second-order valence-electron chi connectivity index (χ2n) is 4.35. The Morgan fingerprint density at radius 1 is 1.50 bits per heavy atom. The van der Waals surface area contributed by atoms with Crippen molar-refractivity contribution < 1.29 is 18.3 Å². The van der Waals surface area contributed by atoms with E-state index in [-0.39, 0.29) is 17.7 Å². The van der Waals surface area contributed by atoms with Crippen molar-refractivity contribution in [3.8, 4) is 6.07 Å². The first kappa shape index (κ1) is 16.1. The average molecular weight is 296 g/mol. The lowest BCUT2D eigenvalue weighted by Gasteiger charge is -2.14. The summed E-state index contributed by atoms with van der Waals surface area (Å²) in [7, 11) is -3.60. The molecule has 1 aromatic carbocycles. The first-order valence-electron chi connectivity index (χ1n) is 6.07. The van der Waals surface area contributed by atoms with E-state index in [4.69, 9.17) is 10.4 Å². The summed E-state index contributed by atoms with van der Waals surface area (Å²) in [5, 5.41) is 17.5. The van der Waals surface area contributed by atoms with Crippen molar-refractivity contribution in [3.05, 3.63) is 35.4 Å². The van der Waals surface area contributed by atoms with E-state index in [1.54, 1.807) is 13.0 Å². The maximum absolute atomic E-state index is 12.0. The van der Waals surface area contributed by atoms with Crippen LogP contribution in [-0.2, 0) is 15.8 Å². The summed E-state index contributed by atoms with van der Waals surface area (Å²) in [4.78, 5) is 10.8. The molecule has 1 aromatic rings. The van der Waals surface area contributed by atoms with Gasteiger partial charge in [-0.2, -0.15) is 5.26 Å². The molecule has 0 aliphatic heterocycles. The van der Waals surface area contributed by atoms with E-state index in [2.05, 4.69) is 4.72 Å². The van der Waals surface area contributed by atoms with Gasteiger partial charge in [0.05, 0.1) is 23.8 Å². The number of hydrogen-bond donors (Lipinski definition) is 2. The quantitative estimate of drug-likeness (QED) is 0.792. The highest BCUT2D eigenvalue weighted by Crippen LogP contribution is 2.10. The molecule has 1 atom stereocenters. The van der Waals surface area contributed by atoms with E-state index < -0.39 is 22.0 Å². The fraction of sp³-hybridized carbons (Fsp3) is 0.385. The molecule has 7 heteroatoms. The van der Waals surface area contributed by atoms with Gasteiger partial charge in [-0.25, -0.2) is 17.9 Å². The third-order valence-electron chi connectivity index (χ3n) is 2.71. The van der Waals surface area contributed by atoms with E-state index in [0.717, 1.165) is 0 Å². The van der Waals surface area contributed by atoms with Crippen LogP contribution in [0.5, 0.6) is 0 Å². The Kier molecular flexibility index (Phi) is 5.67. The topological polar surface area (TPSA) is 107 Å². The van der Waals surface area contributed by atoms with Crippen LogP contribution in [0.25, 0.3) is 0 Å². The predicted octanol–water partition coefficient (Wildman–Crippen LogP) is 1.50. The third-order valence-corrected chi connectivity index (χ3v) is 4.11. The molecule has 20 heavy (non-hydrogen) atoms. The summed E-state index contributed by atoms with van der Waals surface area (Å²) in [5.74, 6) is -1.41. The summed E-state index contributed by atoms with van der Waals surface area (Å²) in [6, 6.07) is 7.28. The van der Waals surface area contributed by atoms with Crippen LogP contribution in [0.1, 0.15) is 35.7 Å². The second-order valence-corrected chi connectivity index (χ2v) is 6.10. The Morgan fingerprint density at radius 3 is 2.75 bits per heavy atom. The molecule has 0 aliphatic rings. The van der Waals surface area contributed by atoms with Crippen LogP contribution in [0, 0.1) is 11.3 Å². The van der Waals surface area contributed by atoms with Gasteiger partial charge in [0, 0.05) is 6.04 Å². The van der Waals surface area contributed by atoms with E-state index in [1.807, 2.05) is 6.07 Å². The molecule has 0 saturated heterocycles. The highest BCUT2D eigenvalue weighted by Gasteiger charge is 2.17. The zero-order valence-corrected chi connectivity index (χ0v) is 11.9. The summed E-state index contributed by atoms with van der Waals surface area (Å²) >= 11 is 0. The van der Waals surface area contributed by atoms with Crippen LogP contribution in [0.4, 0.5) is 0 Å². The van der Waals surface area contributed by atoms with Gasteiger partial charge >= 0.3 is 5.97 Å². The second kappa shape index (κ2) is 7.03. The number of carboxylic acids is 1. The van der Waals surface area contributed by atoms with Crippen LogP contribution in [0.2, 0.25) is 0 Å². The van der Waals surface area contributed by atoms with Crippen molar-refractivity contribution >= 4 is 16.0 Å². The molecule has 0 fully saturated rings. The van der Waals surface area contributed by atoms with E-state index in [1.165, 1.54) is 18.2 Å². The maximum atomic E-state index is 12.0. The van der Waals surface area contributed by atoms with Crippen molar-refractivity contribution in [2.24, 2.45) is 0 Å². The minimum atomic E-state index is -3.60. The number of nitrogens with one attached hydrogen (secondary N) is 1. The molecule has 1 rings (SSSR count). The maximum Gasteiger partial charge on any atom is 0.335 e. The van der Waals surface area contributed by atoms with Crippen molar-refractivity contribution in [1.82, 2.24) is 4.72 Å². The van der Waals surface area contributed by atoms with Crippen LogP contribution < -0.4 is 4.72 Å². The molecular weight excluding hydrogens is 280 g/mol. The highest BCUT2D eigenvalue weighted by molar-refractivity contribution is 7.88. The Balaban J connectivity index is 2.83. The van der Waals surface area contributed by atoms with Gasteiger partial charge < -0.3 is 5.11 Å². The van der Waals surface area contributed by atoms with Gasteiger partial charge in [0.25, 0.3) is 0 Å². The normalized spacial score (nSPS) is 12.6. The summed E-state index contributed by atoms with van der Waals surface area (Å²) in [6.45, 7) is 1.79. The Labute approximate surface area is 118 Å². The van der Waals surface area contributed by atoms with Crippen molar-refractivity contribution in [3.63, 3.8) is 0 Å². The molecule has 6 nitrogen and oxygen atoms in total. The van der Waals surface area contributed by atoms with Gasteiger partial charge in [-0.15, -0.1) is 0 Å². The fourth-order valence-corrected chi connectivity index (χ4v) is 3.15. The Morgan fingerprint density at radius 2 is 2.20 bits per heavy atom. The number of nitrogens with zero attached hydrogens (tertiary/aromatic N) is 1. The summed E-state index contributed by atoms with van der Waals surface area (Å²) < 4.78 is 26.4. The number of aromatic carboxylic acids is 1. The predicted molar refractivity (Wildman–Crippen MR) is 73.5 cm³/mol. The third kappa shape index (κ3) is 4.99. The molecule has 0 radical (unpaired) electrons. The number of hydrogen-bond acceptors (Lipinski definition) is 4. The molecule has 0 spiro atoms. The minimum Gasteiger partial charge on any atom is -0.478 e. The zero-order valence-electron chi connectivity index (χ0n) is 11.0. The van der Waals surface area contributed by atoms with Gasteiger partial charge in [0.2, 0.25) is 10.0 Å². The minimum absolute atomic E-state index is 0.0433. The van der Waals surface area contributed by atoms with Crippen molar-refractivity contribution in [1.29, 1.82) is 5.26 Å². The lowest BCUT2D eigenvalue weighted by molar-refractivity contribution is 0.0696. The van der Waals surface area contributed by atoms with Gasteiger partial charge in [0.1, 0.15) is 0 Å². The first-order valence-corrected chi connectivity index (χ1v) is 7.72. The molecule has 0 aromatic heterocycles. The average Bonchev–Trinajstić information content (AvgIpc) is 2.37. The number of rotatable bonds is 7. The van der Waals surface area contributed by atoms with Gasteiger partial charge in [0.15, 0.2) is 0 Å². The SMILES string of the molecule is CCC(CC#N)NS(=O)(=O)Cc1cccc(C(=O)O)c1. The van der Waals surface area contributed by atoms with Gasteiger partial charge in [-0.1, -0.05) is 19.1 Å². The lowest BCUT2D eigenvalue weighted by Crippen LogP contribution is -2.35. The van der Waals surface area contributed by atoms with Crippen LogP contribution >= 0.6 is 0 Å². The van der Waals surface area contributed by atoms with Gasteiger partial charge in [-0.3, -0.25) is 0 Å². The molecular formula is C13H16N2O4S. The number of benzene rings is 1. The number of carbonyl (C=O) groups is 1. The highest BCUT2D eigenvalue weighted by atomic mass is 32.2. The fourth-order valence-electron chi connectivity index (χ4n) is 1.69. The molecule has 0 bridgehead atoms. The molecule has 1 unspecified atom stereocenters. The van der Waals surface area contributed by atoms with E-state index in [9.17, 15) is 13.2 Å². The Bertz CT molecular complexity index is 620. The number of nitriles is 1. The van der Waals surface area contributed by atoms with Crippen LogP contribution in [0.3, 0.4) is 0 Å². The zero-order chi connectivity index (χ0) is 15.2. The summed E-state index contributed by atoms with van der Waals surface area (Å²) in [6.07, 6.45) is 0.618. The van der Waals surface area contributed by atoms with Crippen LogP contribution in [-0.4, -0.2) is 25.5 Å². The largest absolute Gasteiger partial charge is 0.478 e. The first-order chi connectivity index (χ1) is 9.38. The van der Waals surface area contributed by atoms with Gasteiger partial charge in [-0.05, 0) is 24.1 Å². The van der Waals surface area contributed by atoms with Crippen molar-refractivity contribution in [2.45, 2.75) is 31.6 Å². The van der Waals surface area contributed by atoms with E-state index in [0.29, 0.717) is 12.0 Å². The Hall–Kier alpha value is -1.91. The lowest BCUT2D eigenvalue weighted by atomic mass is 10.1. The molecule has 2 N–H and O–H groups in total. The van der Waals surface area contributed by atoms with E-state index >= 15 is 0 Å². The van der Waals surface area contributed by atoms with Crippen molar-refractivity contribution in [2.75, 3.05) is 0 Å². The molecule has 0 aliphatic carbocycles. The number of carboxylic acid groups (broad SMARTS) is 1. The smallest absolute Gasteiger partial charge is 0.335 e. The molecule has 0 amide bonds. The molecule has 0 heterocycles. The summed E-state index contributed by atoms with van der Waals surface area (Å²) in [5.41, 5.74) is 0.436. The van der Waals surface area contributed by atoms with Crippen LogP contribution in [0.15, 0.2) is 24.3 Å².